The number of carbonyl (C=O) groups is 1. The molecule has 1 amide bonds. The molecule has 5 nitrogen and oxygen atoms in total. The summed E-state index contributed by atoms with van der Waals surface area (Å²) in [5.41, 5.74) is 0.795. The Hall–Kier alpha value is -3.42. The summed E-state index contributed by atoms with van der Waals surface area (Å²) in [5.74, 6) is -0.373. The van der Waals surface area contributed by atoms with Crippen LogP contribution < -0.4 is 14.8 Å². The van der Waals surface area contributed by atoms with Crippen LogP contribution in [-0.4, -0.2) is 12.5 Å². The van der Waals surface area contributed by atoms with Gasteiger partial charge in [-0.25, -0.2) is 4.39 Å². The van der Waals surface area contributed by atoms with Gasteiger partial charge >= 0.3 is 6.61 Å². The summed E-state index contributed by atoms with van der Waals surface area (Å²) >= 11 is 0. The molecule has 146 valence electrons. The number of ether oxygens (including phenoxy) is 2. The third-order valence-corrected chi connectivity index (χ3v) is 3.68. The fourth-order valence-electron chi connectivity index (χ4n) is 2.37. The second-order valence-corrected chi connectivity index (χ2v) is 5.84. The van der Waals surface area contributed by atoms with Crippen LogP contribution >= 0.6 is 0 Å². The number of furan rings is 1. The van der Waals surface area contributed by atoms with Crippen molar-refractivity contribution < 1.29 is 31.9 Å². The molecule has 8 heteroatoms. The predicted molar refractivity (Wildman–Crippen MR) is 95.2 cm³/mol. The minimum Gasteiger partial charge on any atom is -0.486 e. The van der Waals surface area contributed by atoms with Crippen molar-refractivity contribution in [3.8, 4) is 11.5 Å². The van der Waals surface area contributed by atoms with Gasteiger partial charge in [-0.2, -0.15) is 8.78 Å². The molecule has 0 saturated heterocycles. The highest BCUT2D eigenvalue weighted by atomic mass is 19.3. The quantitative estimate of drug-likeness (QED) is 0.604. The van der Waals surface area contributed by atoms with Crippen LogP contribution in [0.1, 0.15) is 21.9 Å². The first-order chi connectivity index (χ1) is 13.4. The lowest BCUT2D eigenvalue weighted by Crippen LogP contribution is -2.13. The molecule has 0 spiro atoms. The number of amides is 1. The maximum absolute atomic E-state index is 12.9. The molecule has 0 bridgehead atoms. The van der Waals surface area contributed by atoms with E-state index in [1.54, 1.807) is 19.1 Å². The van der Waals surface area contributed by atoms with Crippen molar-refractivity contribution in [3.05, 3.63) is 77.5 Å². The molecule has 1 N–H and O–H groups in total. The first kappa shape index (κ1) is 19.3. The van der Waals surface area contributed by atoms with Crippen LogP contribution in [0.4, 0.5) is 18.9 Å². The number of halogens is 3. The van der Waals surface area contributed by atoms with Crippen molar-refractivity contribution in [1.82, 2.24) is 0 Å². The Morgan fingerprint density at radius 2 is 1.86 bits per heavy atom. The maximum atomic E-state index is 12.9. The lowest BCUT2D eigenvalue weighted by molar-refractivity contribution is -0.0494. The zero-order valence-electron chi connectivity index (χ0n) is 14.7. The minimum atomic E-state index is -3.02. The number of nitrogens with one attached hydrogen (secondary N) is 1. The maximum Gasteiger partial charge on any atom is 0.387 e. The number of benzene rings is 2. The third-order valence-electron chi connectivity index (χ3n) is 3.68. The fourth-order valence-corrected chi connectivity index (χ4v) is 2.37. The normalized spacial score (nSPS) is 10.8. The SMILES string of the molecule is Cc1ccc(NC(=O)c2ccc(COc3ccc(F)cc3)o2)c(OC(F)F)c1. The summed E-state index contributed by atoms with van der Waals surface area (Å²) in [7, 11) is 0. The van der Waals surface area contributed by atoms with E-state index in [4.69, 9.17) is 9.15 Å². The van der Waals surface area contributed by atoms with E-state index < -0.39 is 12.5 Å². The molecule has 0 radical (unpaired) electrons. The van der Waals surface area contributed by atoms with Crippen LogP contribution in [0.2, 0.25) is 0 Å². The van der Waals surface area contributed by atoms with Gasteiger partial charge in [-0.05, 0) is 61.0 Å². The third kappa shape index (κ3) is 5.06. The molecule has 0 unspecified atom stereocenters. The van der Waals surface area contributed by atoms with E-state index in [1.165, 1.54) is 42.5 Å². The number of aryl methyl sites for hydroxylation is 1. The molecule has 28 heavy (non-hydrogen) atoms. The average Bonchev–Trinajstić information content (AvgIpc) is 3.12. The number of alkyl halides is 2. The molecule has 0 aliphatic carbocycles. The molecule has 0 saturated carbocycles. The van der Waals surface area contributed by atoms with Gasteiger partial charge in [0, 0.05) is 0 Å². The standard InChI is InChI=1S/C20H16F3NO4/c1-12-2-8-16(18(10-12)28-20(22)23)24-19(25)17-9-7-15(27-17)11-26-14-5-3-13(21)4-6-14/h2-10,20H,11H2,1H3,(H,24,25). The summed E-state index contributed by atoms with van der Waals surface area (Å²) in [5, 5.41) is 2.48. The van der Waals surface area contributed by atoms with Gasteiger partial charge in [-0.1, -0.05) is 6.07 Å². The summed E-state index contributed by atoms with van der Waals surface area (Å²) in [6, 6.07) is 12.9. The molecule has 0 fully saturated rings. The lowest BCUT2D eigenvalue weighted by Gasteiger charge is -2.12. The van der Waals surface area contributed by atoms with Gasteiger partial charge in [0.1, 0.15) is 29.7 Å². The Kier molecular flexibility index (Phi) is 5.88. The van der Waals surface area contributed by atoms with Crippen molar-refractivity contribution in [2.24, 2.45) is 0 Å². The zero-order valence-corrected chi connectivity index (χ0v) is 14.7. The monoisotopic (exact) mass is 391 g/mol. The van der Waals surface area contributed by atoms with E-state index in [0.29, 0.717) is 17.1 Å². The van der Waals surface area contributed by atoms with Gasteiger partial charge in [0.2, 0.25) is 0 Å². The number of rotatable bonds is 7. The van der Waals surface area contributed by atoms with Crippen LogP contribution in [0.5, 0.6) is 11.5 Å². The number of hydrogen-bond acceptors (Lipinski definition) is 4. The van der Waals surface area contributed by atoms with E-state index in [1.807, 2.05) is 0 Å². The van der Waals surface area contributed by atoms with E-state index in [-0.39, 0.29) is 29.6 Å². The van der Waals surface area contributed by atoms with E-state index in [9.17, 15) is 18.0 Å². The molecule has 0 aliphatic heterocycles. The van der Waals surface area contributed by atoms with Gasteiger partial charge < -0.3 is 19.2 Å². The molecule has 1 heterocycles. The van der Waals surface area contributed by atoms with Gasteiger partial charge in [-0.3, -0.25) is 4.79 Å². The Labute approximate surface area is 158 Å². The zero-order chi connectivity index (χ0) is 20.1. The minimum absolute atomic E-state index is 0.0266. The smallest absolute Gasteiger partial charge is 0.387 e. The molecule has 0 aliphatic rings. The van der Waals surface area contributed by atoms with Gasteiger partial charge in [-0.15, -0.1) is 0 Å². The van der Waals surface area contributed by atoms with Crippen molar-refractivity contribution in [2.45, 2.75) is 20.1 Å². The Morgan fingerprint density at radius 3 is 2.57 bits per heavy atom. The lowest BCUT2D eigenvalue weighted by atomic mass is 10.2. The number of carbonyl (C=O) groups excluding carboxylic acids is 1. The van der Waals surface area contributed by atoms with Gasteiger partial charge in [0.05, 0.1) is 5.69 Å². The highest BCUT2D eigenvalue weighted by Crippen LogP contribution is 2.28. The van der Waals surface area contributed by atoms with E-state index in [0.717, 1.165) is 0 Å². The Bertz CT molecular complexity index is 954. The first-order valence-electron chi connectivity index (χ1n) is 8.24. The highest BCUT2D eigenvalue weighted by molar-refractivity contribution is 6.03. The van der Waals surface area contributed by atoms with Gasteiger partial charge in [0.25, 0.3) is 5.91 Å². The van der Waals surface area contributed by atoms with Crippen molar-refractivity contribution in [2.75, 3.05) is 5.32 Å². The predicted octanol–water partition coefficient (Wildman–Crippen LogP) is 5.16. The van der Waals surface area contributed by atoms with Gasteiger partial charge in [0.15, 0.2) is 5.76 Å². The topological polar surface area (TPSA) is 60.7 Å². The van der Waals surface area contributed by atoms with Crippen LogP contribution in [0, 0.1) is 12.7 Å². The Balaban J connectivity index is 1.65. The summed E-state index contributed by atoms with van der Waals surface area (Å²) < 4.78 is 53.3. The van der Waals surface area contributed by atoms with E-state index in [2.05, 4.69) is 10.1 Å². The van der Waals surface area contributed by atoms with Crippen LogP contribution in [0.3, 0.4) is 0 Å². The molecule has 3 rings (SSSR count). The molecule has 1 aromatic heterocycles. The fraction of sp³-hybridized carbons (Fsp3) is 0.150. The van der Waals surface area contributed by atoms with E-state index >= 15 is 0 Å². The van der Waals surface area contributed by atoms with Crippen molar-refractivity contribution >= 4 is 11.6 Å². The second kappa shape index (κ2) is 8.51. The molecule has 3 aromatic rings. The molecular formula is C20H16F3NO4. The summed E-state index contributed by atoms with van der Waals surface area (Å²) in [6.45, 7) is -1.27. The van der Waals surface area contributed by atoms with Crippen LogP contribution in [-0.2, 0) is 6.61 Å². The summed E-state index contributed by atoms with van der Waals surface area (Å²) in [4.78, 5) is 12.3. The number of anilines is 1. The van der Waals surface area contributed by atoms with Crippen molar-refractivity contribution in [1.29, 1.82) is 0 Å². The van der Waals surface area contributed by atoms with Crippen molar-refractivity contribution in [3.63, 3.8) is 0 Å². The number of hydrogen-bond donors (Lipinski definition) is 1. The highest BCUT2D eigenvalue weighted by Gasteiger charge is 2.16. The average molecular weight is 391 g/mol. The summed E-state index contributed by atoms with van der Waals surface area (Å²) in [6.07, 6.45) is 0. The van der Waals surface area contributed by atoms with Crippen LogP contribution in [0.25, 0.3) is 0 Å². The molecule has 0 atom stereocenters. The second-order valence-electron chi connectivity index (χ2n) is 5.84. The first-order valence-corrected chi connectivity index (χ1v) is 8.24. The Morgan fingerprint density at radius 1 is 1.11 bits per heavy atom. The largest absolute Gasteiger partial charge is 0.486 e. The molecule has 2 aromatic carbocycles. The molecular weight excluding hydrogens is 375 g/mol. The van der Waals surface area contributed by atoms with Crippen LogP contribution in [0.15, 0.2) is 59.0 Å².